The minimum absolute atomic E-state index is 0.477. The van der Waals surface area contributed by atoms with Crippen molar-refractivity contribution in [3.63, 3.8) is 0 Å². The minimum atomic E-state index is 0.477. The molecule has 3 nitrogen and oxygen atoms in total. The molecule has 80 valence electrons. The Labute approximate surface area is 94.6 Å². The van der Waals surface area contributed by atoms with Crippen LogP contribution < -0.4 is 0 Å². The van der Waals surface area contributed by atoms with Crippen molar-refractivity contribution in [2.24, 2.45) is 5.92 Å². The van der Waals surface area contributed by atoms with E-state index in [9.17, 15) is 0 Å². The lowest BCUT2D eigenvalue weighted by atomic mass is 10.2. The topological polar surface area (TPSA) is 41.6 Å². The first-order valence-corrected chi connectivity index (χ1v) is 5.67. The summed E-state index contributed by atoms with van der Waals surface area (Å²) in [5.74, 6) is 0.964. The Balaban J connectivity index is 2.36. The molecule has 0 spiro atoms. The van der Waals surface area contributed by atoms with Crippen LogP contribution in [0.3, 0.4) is 0 Å². The number of hydrogen-bond acceptors (Lipinski definition) is 2. The Morgan fingerprint density at radius 1 is 1.60 bits per heavy atom. The van der Waals surface area contributed by atoms with Crippen LogP contribution in [0.5, 0.6) is 0 Å². The van der Waals surface area contributed by atoms with Crippen molar-refractivity contribution in [3.8, 4) is 6.07 Å². The molecule has 0 aromatic carbocycles. The molecule has 0 saturated heterocycles. The Kier molecular flexibility index (Phi) is 2.70. The van der Waals surface area contributed by atoms with E-state index >= 15 is 0 Å². The molecule has 4 heteroatoms. The molecule has 0 radical (unpaired) electrons. The summed E-state index contributed by atoms with van der Waals surface area (Å²) in [6.45, 7) is 5.00. The number of aromatic nitrogens is 2. The van der Waals surface area contributed by atoms with Gasteiger partial charge in [-0.1, -0.05) is 25.4 Å². The van der Waals surface area contributed by atoms with Crippen molar-refractivity contribution >= 4 is 11.6 Å². The summed E-state index contributed by atoms with van der Waals surface area (Å²) in [5.41, 5.74) is 1.49. The van der Waals surface area contributed by atoms with Crippen LogP contribution in [0.25, 0.3) is 0 Å². The third-order valence-corrected chi connectivity index (χ3v) is 2.92. The van der Waals surface area contributed by atoms with Crippen molar-refractivity contribution in [3.05, 3.63) is 16.4 Å². The molecule has 0 unspecified atom stereocenters. The van der Waals surface area contributed by atoms with E-state index in [4.69, 9.17) is 16.9 Å². The van der Waals surface area contributed by atoms with E-state index in [2.05, 4.69) is 25.0 Å². The maximum atomic E-state index is 9.04. The van der Waals surface area contributed by atoms with Crippen molar-refractivity contribution in [2.75, 3.05) is 0 Å². The van der Waals surface area contributed by atoms with E-state index < -0.39 is 0 Å². The number of nitriles is 1. The first-order valence-electron chi connectivity index (χ1n) is 5.29. The largest absolute Gasteiger partial charge is 0.252 e. The summed E-state index contributed by atoms with van der Waals surface area (Å²) >= 11 is 6.12. The average molecular weight is 224 g/mol. The van der Waals surface area contributed by atoms with Gasteiger partial charge in [-0.25, -0.2) is 0 Å². The van der Waals surface area contributed by atoms with Gasteiger partial charge in [-0.3, -0.25) is 4.68 Å². The molecular weight excluding hydrogens is 210 g/mol. The van der Waals surface area contributed by atoms with Crippen molar-refractivity contribution < 1.29 is 0 Å². The molecular formula is C11H14ClN3. The summed E-state index contributed by atoms with van der Waals surface area (Å²) in [7, 11) is 0. The van der Waals surface area contributed by atoms with Gasteiger partial charge < -0.3 is 0 Å². The van der Waals surface area contributed by atoms with Crippen LogP contribution in [0.4, 0.5) is 0 Å². The van der Waals surface area contributed by atoms with E-state index in [-0.39, 0.29) is 0 Å². The summed E-state index contributed by atoms with van der Waals surface area (Å²) < 4.78 is 1.76. The van der Waals surface area contributed by atoms with Crippen molar-refractivity contribution in [1.29, 1.82) is 5.26 Å². The lowest BCUT2D eigenvalue weighted by Crippen LogP contribution is -2.06. The molecule has 2 rings (SSSR count). The van der Waals surface area contributed by atoms with E-state index in [1.54, 1.807) is 4.68 Å². The van der Waals surface area contributed by atoms with Crippen LogP contribution in [0.15, 0.2) is 0 Å². The second kappa shape index (κ2) is 3.86. The Morgan fingerprint density at radius 3 is 2.73 bits per heavy atom. The molecule has 0 aliphatic heterocycles. The second-order valence-corrected chi connectivity index (χ2v) is 4.87. The third-order valence-electron chi connectivity index (χ3n) is 2.53. The first kappa shape index (κ1) is 10.5. The summed E-state index contributed by atoms with van der Waals surface area (Å²) in [5, 5.41) is 14.0. The monoisotopic (exact) mass is 223 g/mol. The molecule has 1 aromatic heterocycles. The normalized spacial score (nSPS) is 15.7. The van der Waals surface area contributed by atoms with Gasteiger partial charge in [-0.05, 0) is 18.8 Å². The van der Waals surface area contributed by atoms with E-state index in [1.165, 1.54) is 0 Å². The fourth-order valence-corrected chi connectivity index (χ4v) is 1.92. The second-order valence-electron chi connectivity index (χ2n) is 4.51. The highest BCUT2D eigenvalue weighted by molar-refractivity contribution is 6.30. The Bertz CT molecular complexity index is 410. The summed E-state index contributed by atoms with van der Waals surface area (Å²) in [4.78, 5) is 0. The maximum Gasteiger partial charge on any atom is 0.145 e. The third kappa shape index (κ3) is 2.00. The fourth-order valence-electron chi connectivity index (χ4n) is 1.67. The van der Waals surface area contributed by atoms with Crippen molar-refractivity contribution in [1.82, 2.24) is 9.78 Å². The van der Waals surface area contributed by atoms with E-state index in [1.807, 2.05) is 0 Å². The summed E-state index contributed by atoms with van der Waals surface area (Å²) in [6.07, 6.45) is 2.29. The van der Waals surface area contributed by atoms with Gasteiger partial charge >= 0.3 is 0 Å². The highest BCUT2D eigenvalue weighted by Gasteiger charge is 2.31. The molecule has 1 aliphatic carbocycles. The van der Waals surface area contributed by atoms with Crippen LogP contribution >= 0.6 is 11.6 Å². The van der Waals surface area contributed by atoms with Crippen LogP contribution in [-0.4, -0.2) is 9.78 Å². The lowest BCUT2D eigenvalue weighted by Gasteiger charge is -2.05. The van der Waals surface area contributed by atoms with Crippen LogP contribution in [-0.2, 0) is 6.54 Å². The van der Waals surface area contributed by atoms with Crippen molar-refractivity contribution in [2.45, 2.75) is 39.2 Å². The van der Waals surface area contributed by atoms with Gasteiger partial charge in [0, 0.05) is 12.5 Å². The highest BCUT2D eigenvalue weighted by Crippen LogP contribution is 2.42. The first-order chi connectivity index (χ1) is 7.13. The predicted octanol–water partition coefficient (Wildman–Crippen LogP) is 2.94. The van der Waals surface area contributed by atoms with E-state index in [0.29, 0.717) is 22.6 Å². The minimum Gasteiger partial charge on any atom is -0.252 e. The van der Waals surface area contributed by atoms with Gasteiger partial charge in [0.1, 0.15) is 16.8 Å². The standard InChI is InChI=1S/C11H14ClN3/c1-7(2)6-15-11(12)9(5-13)10(14-15)8-3-4-8/h7-8H,3-4,6H2,1-2H3. The molecule has 1 aliphatic rings. The molecule has 1 saturated carbocycles. The molecule has 0 atom stereocenters. The molecule has 1 fully saturated rings. The quantitative estimate of drug-likeness (QED) is 0.791. The number of halogens is 1. The molecule has 15 heavy (non-hydrogen) atoms. The molecule has 1 heterocycles. The van der Waals surface area contributed by atoms with Gasteiger partial charge in [0.05, 0.1) is 5.69 Å². The fraction of sp³-hybridized carbons (Fsp3) is 0.636. The smallest absolute Gasteiger partial charge is 0.145 e. The molecule has 0 N–H and O–H groups in total. The van der Waals surface area contributed by atoms with Gasteiger partial charge in [0.25, 0.3) is 0 Å². The van der Waals surface area contributed by atoms with E-state index in [0.717, 1.165) is 25.1 Å². The molecule has 0 amide bonds. The maximum absolute atomic E-state index is 9.04. The number of rotatable bonds is 3. The molecule has 0 bridgehead atoms. The zero-order valence-electron chi connectivity index (χ0n) is 9.00. The highest BCUT2D eigenvalue weighted by atomic mass is 35.5. The SMILES string of the molecule is CC(C)Cn1nc(C2CC2)c(C#N)c1Cl. The van der Waals surface area contributed by atoms with Crippen LogP contribution in [0.2, 0.25) is 5.15 Å². The van der Waals surface area contributed by atoms with Gasteiger partial charge in [0.15, 0.2) is 0 Å². The molecule has 1 aromatic rings. The zero-order valence-corrected chi connectivity index (χ0v) is 9.75. The number of hydrogen-bond donors (Lipinski definition) is 0. The Hall–Kier alpha value is -1.01. The lowest BCUT2D eigenvalue weighted by molar-refractivity contribution is 0.480. The van der Waals surface area contributed by atoms with Gasteiger partial charge in [0.2, 0.25) is 0 Å². The average Bonchev–Trinajstić information content (AvgIpc) is 2.94. The summed E-state index contributed by atoms with van der Waals surface area (Å²) in [6, 6.07) is 2.16. The van der Waals surface area contributed by atoms with Gasteiger partial charge in [-0.2, -0.15) is 10.4 Å². The Morgan fingerprint density at radius 2 is 2.27 bits per heavy atom. The van der Waals surface area contributed by atoms with Gasteiger partial charge in [-0.15, -0.1) is 0 Å². The predicted molar refractivity (Wildman–Crippen MR) is 58.8 cm³/mol. The van der Waals surface area contributed by atoms with Crippen LogP contribution in [0.1, 0.15) is 43.9 Å². The number of nitrogens with zero attached hydrogens (tertiary/aromatic N) is 3. The van der Waals surface area contributed by atoms with Crippen LogP contribution in [0, 0.1) is 17.2 Å². The zero-order chi connectivity index (χ0) is 11.0.